The van der Waals surface area contributed by atoms with Gasteiger partial charge in [-0.25, -0.2) is 0 Å². The fourth-order valence-electron chi connectivity index (χ4n) is 2.61. The van der Waals surface area contributed by atoms with Gasteiger partial charge in [0.1, 0.15) is 0 Å². The second-order valence-electron chi connectivity index (χ2n) is 4.57. The average Bonchev–Trinajstić information content (AvgIpc) is 2.68. The van der Waals surface area contributed by atoms with Crippen molar-refractivity contribution < 1.29 is 4.74 Å². The van der Waals surface area contributed by atoms with Crippen molar-refractivity contribution in [3.63, 3.8) is 0 Å². The van der Waals surface area contributed by atoms with Gasteiger partial charge in [-0.1, -0.05) is 20.3 Å². The van der Waals surface area contributed by atoms with Gasteiger partial charge in [-0.3, -0.25) is 4.90 Å². The van der Waals surface area contributed by atoms with E-state index in [-0.39, 0.29) is 0 Å². The van der Waals surface area contributed by atoms with Gasteiger partial charge in [0.2, 0.25) is 0 Å². The summed E-state index contributed by atoms with van der Waals surface area (Å²) in [6.45, 7) is 6.65. The van der Waals surface area contributed by atoms with Crippen LogP contribution in [0.1, 0.15) is 39.5 Å². The highest BCUT2D eigenvalue weighted by Gasteiger charge is 2.29. The summed E-state index contributed by atoms with van der Waals surface area (Å²) in [5.74, 6) is 0. The Morgan fingerprint density at radius 1 is 1.47 bits per heavy atom. The van der Waals surface area contributed by atoms with E-state index < -0.39 is 0 Å². The van der Waals surface area contributed by atoms with Crippen molar-refractivity contribution >= 4 is 0 Å². The Kier molecular flexibility index (Phi) is 5.58. The highest BCUT2D eigenvalue weighted by atomic mass is 16.5. The fraction of sp³-hybridized carbons (Fsp3) is 1.00. The number of hydrogen-bond donors (Lipinski definition) is 1. The molecule has 3 unspecified atom stereocenters. The van der Waals surface area contributed by atoms with Gasteiger partial charge in [0, 0.05) is 32.3 Å². The second kappa shape index (κ2) is 6.46. The van der Waals surface area contributed by atoms with Crippen molar-refractivity contribution in [3.05, 3.63) is 0 Å². The molecule has 0 amide bonds. The van der Waals surface area contributed by atoms with Gasteiger partial charge in [-0.2, -0.15) is 0 Å². The molecule has 1 saturated heterocycles. The maximum absolute atomic E-state index is 6.22. The van der Waals surface area contributed by atoms with Gasteiger partial charge in [0.15, 0.2) is 0 Å². The lowest BCUT2D eigenvalue weighted by Gasteiger charge is -2.31. The zero-order valence-corrected chi connectivity index (χ0v) is 10.4. The molecule has 0 radical (unpaired) electrons. The number of nitrogens with zero attached hydrogens (tertiary/aromatic N) is 1. The Labute approximate surface area is 94.0 Å². The predicted octanol–water partition coefficient (Wildman–Crippen LogP) is 1.61. The van der Waals surface area contributed by atoms with Crippen LogP contribution >= 0.6 is 0 Å². The van der Waals surface area contributed by atoms with Crippen LogP contribution in [0.3, 0.4) is 0 Å². The van der Waals surface area contributed by atoms with E-state index >= 15 is 0 Å². The maximum atomic E-state index is 6.22. The van der Waals surface area contributed by atoms with Crippen LogP contribution in [-0.4, -0.2) is 43.3 Å². The number of ether oxygens (including phenoxy) is 1. The molecule has 15 heavy (non-hydrogen) atoms. The van der Waals surface area contributed by atoms with Crippen LogP contribution < -0.4 is 5.73 Å². The average molecular weight is 214 g/mol. The maximum Gasteiger partial charge on any atom is 0.0710 e. The molecule has 90 valence electrons. The van der Waals surface area contributed by atoms with E-state index in [2.05, 4.69) is 18.7 Å². The van der Waals surface area contributed by atoms with E-state index in [1.54, 1.807) is 7.11 Å². The molecule has 3 heteroatoms. The lowest BCUT2D eigenvalue weighted by Crippen LogP contribution is -2.46. The molecule has 3 atom stereocenters. The third-order valence-electron chi connectivity index (χ3n) is 3.51. The molecule has 1 aliphatic heterocycles. The third-order valence-corrected chi connectivity index (χ3v) is 3.51. The number of methoxy groups -OCH3 is 1. The highest BCUT2D eigenvalue weighted by molar-refractivity contribution is 4.87. The molecule has 2 N–H and O–H groups in total. The molecule has 0 aromatic carbocycles. The molecule has 0 spiro atoms. The summed E-state index contributed by atoms with van der Waals surface area (Å²) >= 11 is 0. The predicted molar refractivity (Wildman–Crippen MR) is 63.9 cm³/mol. The minimum Gasteiger partial charge on any atom is -0.380 e. The zero-order chi connectivity index (χ0) is 11.3. The van der Waals surface area contributed by atoms with E-state index in [1.807, 2.05) is 0 Å². The Balaban J connectivity index is 2.44. The lowest BCUT2D eigenvalue weighted by atomic mass is 10.0. The van der Waals surface area contributed by atoms with Crippen molar-refractivity contribution in [1.29, 1.82) is 0 Å². The molecule has 0 aromatic heterocycles. The summed E-state index contributed by atoms with van der Waals surface area (Å²) in [5, 5.41) is 0. The quantitative estimate of drug-likeness (QED) is 0.730. The van der Waals surface area contributed by atoms with Crippen molar-refractivity contribution in [2.75, 3.05) is 20.2 Å². The van der Waals surface area contributed by atoms with Crippen LogP contribution in [0, 0.1) is 0 Å². The lowest BCUT2D eigenvalue weighted by molar-refractivity contribution is 0.0962. The van der Waals surface area contributed by atoms with E-state index in [0.717, 1.165) is 32.4 Å². The first kappa shape index (κ1) is 12.9. The molecular formula is C12H26N2O. The molecule has 1 aliphatic rings. The Morgan fingerprint density at radius 2 is 2.20 bits per heavy atom. The van der Waals surface area contributed by atoms with Gasteiger partial charge in [-0.15, -0.1) is 0 Å². The summed E-state index contributed by atoms with van der Waals surface area (Å²) in [4.78, 5) is 2.51. The Bertz CT molecular complexity index is 175. The van der Waals surface area contributed by atoms with Gasteiger partial charge in [0.25, 0.3) is 0 Å². The van der Waals surface area contributed by atoms with Crippen molar-refractivity contribution in [2.24, 2.45) is 5.73 Å². The second-order valence-corrected chi connectivity index (χ2v) is 4.57. The Morgan fingerprint density at radius 3 is 2.67 bits per heavy atom. The minimum absolute atomic E-state index is 0.329. The molecule has 1 fully saturated rings. The van der Waals surface area contributed by atoms with E-state index in [9.17, 15) is 0 Å². The molecule has 3 nitrogen and oxygen atoms in total. The first-order valence-electron chi connectivity index (χ1n) is 6.25. The number of rotatable bonds is 6. The van der Waals surface area contributed by atoms with Gasteiger partial charge in [0.05, 0.1) is 6.10 Å². The smallest absolute Gasteiger partial charge is 0.0710 e. The van der Waals surface area contributed by atoms with Crippen molar-refractivity contribution in [2.45, 2.75) is 57.7 Å². The van der Waals surface area contributed by atoms with Crippen LogP contribution in [0.15, 0.2) is 0 Å². The summed E-state index contributed by atoms with van der Waals surface area (Å²) in [7, 11) is 1.81. The monoisotopic (exact) mass is 214 g/mol. The summed E-state index contributed by atoms with van der Waals surface area (Å²) in [5.41, 5.74) is 6.22. The molecular weight excluding hydrogens is 188 g/mol. The fourth-order valence-corrected chi connectivity index (χ4v) is 2.61. The number of nitrogens with two attached hydrogens (primary N) is 1. The molecule has 0 aliphatic carbocycles. The summed E-state index contributed by atoms with van der Waals surface area (Å²) < 4.78 is 5.39. The largest absolute Gasteiger partial charge is 0.380 e. The van der Waals surface area contributed by atoms with Crippen LogP contribution in [-0.2, 0) is 4.74 Å². The number of likely N-dealkylation sites (tertiary alicyclic amines) is 1. The highest BCUT2D eigenvalue weighted by Crippen LogP contribution is 2.19. The van der Waals surface area contributed by atoms with E-state index in [4.69, 9.17) is 10.5 Å². The number of hydrogen-bond acceptors (Lipinski definition) is 3. The molecule has 0 aromatic rings. The van der Waals surface area contributed by atoms with Gasteiger partial charge < -0.3 is 10.5 Å². The topological polar surface area (TPSA) is 38.5 Å². The van der Waals surface area contributed by atoms with E-state index in [1.165, 1.54) is 6.42 Å². The molecule has 1 rings (SSSR count). The van der Waals surface area contributed by atoms with Crippen LogP contribution in [0.25, 0.3) is 0 Å². The van der Waals surface area contributed by atoms with Crippen LogP contribution in [0.4, 0.5) is 0 Å². The molecule has 1 heterocycles. The molecule has 0 bridgehead atoms. The van der Waals surface area contributed by atoms with Gasteiger partial charge >= 0.3 is 0 Å². The first-order valence-corrected chi connectivity index (χ1v) is 6.25. The molecule has 0 saturated carbocycles. The third kappa shape index (κ3) is 3.44. The van der Waals surface area contributed by atoms with Crippen LogP contribution in [0.2, 0.25) is 0 Å². The SMILES string of the molecule is CCCC(N)C(CC)N1CCC(OC)C1. The minimum atomic E-state index is 0.329. The van der Waals surface area contributed by atoms with Crippen molar-refractivity contribution in [3.8, 4) is 0 Å². The van der Waals surface area contributed by atoms with Crippen LogP contribution in [0.5, 0.6) is 0 Å². The normalized spacial score (nSPS) is 26.8. The van der Waals surface area contributed by atoms with E-state index in [0.29, 0.717) is 18.2 Å². The van der Waals surface area contributed by atoms with Gasteiger partial charge in [-0.05, 0) is 19.3 Å². The summed E-state index contributed by atoms with van der Waals surface area (Å²) in [6.07, 6.45) is 5.04. The first-order chi connectivity index (χ1) is 7.22. The zero-order valence-electron chi connectivity index (χ0n) is 10.4. The van der Waals surface area contributed by atoms with Crippen molar-refractivity contribution in [1.82, 2.24) is 4.90 Å². The summed E-state index contributed by atoms with van der Waals surface area (Å²) in [6, 6.07) is 0.876. The Hall–Kier alpha value is -0.120. The standard InChI is InChI=1S/C12H26N2O/c1-4-6-11(13)12(5-2)14-8-7-10(9-14)15-3/h10-12H,4-9,13H2,1-3H3.